The van der Waals surface area contributed by atoms with Gasteiger partial charge in [0.05, 0.1) is 5.69 Å². The van der Waals surface area contributed by atoms with Crippen LogP contribution in [0.25, 0.3) is 11.3 Å². The molecule has 2 aromatic rings. The van der Waals surface area contributed by atoms with Gasteiger partial charge in [-0.15, -0.1) is 0 Å². The summed E-state index contributed by atoms with van der Waals surface area (Å²) in [7, 11) is 0. The minimum atomic E-state index is -0.171. The Hall–Kier alpha value is -2.36. The Kier molecular flexibility index (Phi) is 2.26. The van der Waals surface area contributed by atoms with E-state index in [1.807, 2.05) is 42.5 Å². The molecule has 0 spiro atoms. The summed E-state index contributed by atoms with van der Waals surface area (Å²) in [6.07, 6.45) is 0. The molecule has 3 rings (SSSR count). The van der Waals surface area contributed by atoms with E-state index in [9.17, 15) is 4.79 Å². The number of rotatable bonds is 1. The molecule has 0 saturated carbocycles. The first-order valence-corrected chi connectivity index (χ1v) is 5.32. The number of amides is 1. The Bertz CT molecular complexity index is 567. The van der Waals surface area contributed by atoms with E-state index in [1.165, 1.54) is 0 Å². The zero-order valence-electron chi connectivity index (χ0n) is 9.01. The minimum absolute atomic E-state index is 0.0549. The van der Waals surface area contributed by atoms with Crippen LogP contribution >= 0.6 is 0 Å². The third-order valence-corrected chi connectivity index (χ3v) is 2.54. The summed E-state index contributed by atoms with van der Waals surface area (Å²) in [4.78, 5) is 15.6. The van der Waals surface area contributed by atoms with Crippen molar-refractivity contribution >= 4 is 11.7 Å². The van der Waals surface area contributed by atoms with Gasteiger partial charge in [-0.25, -0.2) is 4.98 Å². The molecule has 2 heterocycles. The van der Waals surface area contributed by atoms with Gasteiger partial charge in [-0.05, 0) is 12.1 Å². The third-order valence-electron chi connectivity index (χ3n) is 2.54. The van der Waals surface area contributed by atoms with Crippen LogP contribution in [0, 0.1) is 0 Å². The first-order chi connectivity index (χ1) is 8.33. The molecule has 0 atom stereocenters. The van der Waals surface area contributed by atoms with Crippen LogP contribution in [0.1, 0.15) is 0 Å². The van der Waals surface area contributed by atoms with Gasteiger partial charge in [-0.3, -0.25) is 4.79 Å². The van der Waals surface area contributed by atoms with Gasteiger partial charge in [-0.1, -0.05) is 30.3 Å². The summed E-state index contributed by atoms with van der Waals surface area (Å²) in [6, 6.07) is 13.5. The van der Waals surface area contributed by atoms with Gasteiger partial charge in [0.15, 0.2) is 18.2 Å². The number of benzene rings is 1. The SMILES string of the molecule is O=C1COc2ccc(-c3ccccc3)nc2N1. The maximum absolute atomic E-state index is 11.2. The van der Waals surface area contributed by atoms with Crippen LogP contribution in [0.4, 0.5) is 5.82 Å². The van der Waals surface area contributed by atoms with Crippen molar-refractivity contribution in [3.63, 3.8) is 0 Å². The van der Waals surface area contributed by atoms with E-state index in [0.717, 1.165) is 11.3 Å². The molecule has 1 amide bonds. The maximum Gasteiger partial charge on any atom is 0.263 e. The lowest BCUT2D eigenvalue weighted by atomic mass is 10.1. The number of carbonyl (C=O) groups is 1. The van der Waals surface area contributed by atoms with E-state index < -0.39 is 0 Å². The van der Waals surface area contributed by atoms with E-state index in [2.05, 4.69) is 10.3 Å². The minimum Gasteiger partial charge on any atom is -0.480 e. The van der Waals surface area contributed by atoms with Crippen LogP contribution in [0.5, 0.6) is 5.75 Å². The molecule has 0 unspecified atom stereocenters. The molecule has 1 N–H and O–H groups in total. The summed E-state index contributed by atoms with van der Waals surface area (Å²) in [5.74, 6) is 0.932. The monoisotopic (exact) mass is 226 g/mol. The van der Waals surface area contributed by atoms with Gasteiger partial charge in [0.1, 0.15) is 0 Å². The molecule has 0 aliphatic carbocycles. The Morgan fingerprint density at radius 1 is 1.12 bits per heavy atom. The molecule has 1 aliphatic heterocycles. The molecule has 84 valence electrons. The summed E-state index contributed by atoms with van der Waals surface area (Å²) in [5.41, 5.74) is 1.82. The van der Waals surface area contributed by atoms with E-state index >= 15 is 0 Å². The second kappa shape index (κ2) is 3.90. The number of carbonyl (C=O) groups excluding carboxylic acids is 1. The molecular formula is C13H10N2O2. The number of nitrogens with one attached hydrogen (secondary N) is 1. The fourth-order valence-electron chi connectivity index (χ4n) is 1.73. The van der Waals surface area contributed by atoms with Crippen LogP contribution in [0.3, 0.4) is 0 Å². The number of aromatic nitrogens is 1. The Labute approximate surface area is 98.3 Å². The highest BCUT2D eigenvalue weighted by molar-refractivity contribution is 5.94. The predicted octanol–water partition coefficient (Wildman–Crippen LogP) is 2.08. The van der Waals surface area contributed by atoms with Gasteiger partial charge < -0.3 is 10.1 Å². The normalized spacial score (nSPS) is 13.5. The van der Waals surface area contributed by atoms with Gasteiger partial charge in [0, 0.05) is 5.56 Å². The zero-order chi connectivity index (χ0) is 11.7. The molecule has 0 radical (unpaired) electrons. The summed E-state index contributed by atoms with van der Waals surface area (Å²) < 4.78 is 5.25. The van der Waals surface area contributed by atoms with Gasteiger partial charge in [0.25, 0.3) is 5.91 Å². The van der Waals surface area contributed by atoms with E-state index in [0.29, 0.717) is 11.6 Å². The van der Waals surface area contributed by atoms with Crippen molar-refractivity contribution in [1.82, 2.24) is 4.98 Å². The maximum atomic E-state index is 11.2. The summed E-state index contributed by atoms with van der Waals surface area (Å²) in [6.45, 7) is 0.0549. The number of hydrogen-bond donors (Lipinski definition) is 1. The topological polar surface area (TPSA) is 51.2 Å². The number of hydrogen-bond acceptors (Lipinski definition) is 3. The molecule has 1 aromatic carbocycles. The van der Waals surface area contributed by atoms with Crippen molar-refractivity contribution in [3.8, 4) is 17.0 Å². The molecule has 17 heavy (non-hydrogen) atoms. The molecule has 0 bridgehead atoms. The van der Waals surface area contributed by atoms with Crippen LogP contribution in [-0.4, -0.2) is 17.5 Å². The smallest absolute Gasteiger partial charge is 0.263 e. The lowest BCUT2D eigenvalue weighted by Crippen LogP contribution is -2.26. The highest BCUT2D eigenvalue weighted by Crippen LogP contribution is 2.28. The average Bonchev–Trinajstić information content (AvgIpc) is 2.39. The second-order valence-electron chi connectivity index (χ2n) is 3.75. The van der Waals surface area contributed by atoms with E-state index in [-0.39, 0.29) is 12.5 Å². The van der Waals surface area contributed by atoms with Crippen LogP contribution in [0.2, 0.25) is 0 Å². The number of anilines is 1. The zero-order valence-corrected chi connectivity index (χ0v) is 9.01. The summed E-state index contributed by atoms with van der Waals surface area (Å²) in [5, 5.41) is 2.69. The van der Waals surface area contributed by atoms with Crippen molar-refractivity contribution < 1.29 is 9.53 Å². The highest BCUT2D eigenvalue weighted by Gasteiger charge is 2.17. The highest BCUT2D eigenvalue weighted by atomic mass is 16.5. The number of fused-ring (bicyclic) bond motifs is 1. The van der Waals surface area contributed by atoms with Crippen LogP contribution in [-0.2, 0) is 4.79 Å². The quantitative estimate of drug-likeness (QED) is 0.809. The second-order valence-corrected chi connectivity index (χ2v) is 3.75. The summed E-state index contributed by atoms with van der Waals surface area (Å²) >= 11 is 0. The fraction of sp³-hybridized carbons (Fsp3) is 0.0769. The lowest BCUT2D eigenvalue weighted by molar-refractivity contribution is -0.118. The number of ether oxygens (including phenoxy) is 1. The number of pyridine rings is 1. The molecule has 1 aromatic heterocycles. The fourth-order valence-corrected chi connectivity index (χ4v) is 1.73. The van der Waals surface area contributed by atoms with Crippen molar-refractivity contribution in [2.75, 3.05) is 11.9 Å². The third kappa shape index (κ3) is 1.85. The number of nitrogens with zero attached hydrogens (tertiary/aromatic N) is 1. The Morgan fingerprint density at radius 3 is 2.76 bits per heavy atom. The molecule has 0 saturated heterocycles. The van der Waals surface area contributed by atoms with Crippen molar-refractivity contribution in [3.05, 3.63) is 42.5 Å². The predicted molar refractivity (Wildman–Crippen MR) is 63.8 cm³/mol. The standard InChI is InChI=1S/C13H10N2O2/c16-12-8-17-11-7-6-10(14-13(11)15-12)9-4-2-1-3-5-9/h1-7H,8H2,(H,14,15,16). The largest absolute Gasteiger partial charge is 0.480 e. The first kappa shape index (κ1) is 9.84. The lowest BCUT2D eigenvalue weighted by Gasteiger charge is -2.17. The molecule has 4 heteroatoms. The van der Waals surface area contributed by atoms with Crippen LogP contribution < -0.4 is 10.1 Å². The molecule has 1 aliphatic rings. The van der Waals surface area contributed by atoms with Crippen molar-refractivity contribution in [2.24, 2.45) is 0 Å². The van der Waals surface area contributed by atoms with Crippen molar-refractivity contribution in [2.45, 2.75) is 0 Å². The van der Waals surface area contributed by atoms with E-state index in [1.54, 1.807) is 0 Å². The first-order valence-electron chi connectivity index (χ1n) is 5.32. The van der Waals surface area contributed by atoms with Gasteiger partial charge >= 0.3 is 0 Å². The Morgan fingerprint density at radius 2 is 1.94 bits per heavy atom. The molecule has 4 nitrogen and oxygen atoms in total. The molecule has 0 fully saturated rings. The van der Waals surface area contributed by atoms with Gasteiger partial charge in [0.2, 0.25) is 0 Å². The van der Waals surface area contributed by atoms with Crippen molar-refractivity contribution in [1.29, 1.82) is 0 Å². The molecular weight excluding hydrogens is 216 g/mol. The Balaban J connectivity index is 2.04. The van der Waals surface area contributed by atoms with Crippen LogP contribution in [0.15, 0.2) is 42.5 Å². The van der Waals surface area contributed by atoms with E-state index in [4.69, 9.17) is 4.74 Å². The average molecular weight is 226 g/mol. The van der Waals surface area contributed by atoms with Gasteiger partial charge in [-0.2, -0.15) is 0 Å².